The first-order chi connectivity index (χ1) is 45.5. The highest BCUT2D eigenvalue weighted by Crippen LogP contribution is 2.65. The van der Waals surface area contributed by atoms with Crippen LogP contribution in [0.2, 0.25) is 0 Å². The number of aromatic nitrogens is 6. The van der Waals surface area contributed by atoms with E-state index in [1.807, 2.05) is 176 Å². The summed E-state index contributed by atoms with van der Waals surface area (Å²) < 4.78 is 6.47. The van der Waals surface area contributed by atoms with Crippen molar-refractivity contribution in [2.75, 3.05) is 0 Å². The molecule has 0 saturated carbocycles. The van der Waals surface area contributed by atoms with Crippen LogP contribution in [0.15, 0.2) is 301 Å². The molecule has 0 saturated heterocycles. The summed E-state index contributed by atoms with van der Waals surface area (Å²) in [6, 6.07) is 99.3. The highest BCUT2D eigenvalue weighted by atomic mass is 32.2. The summed E-state index contributed by atoms with van der Waals surface area (Å²) in [4.78, 5) is 40.0. The van der Waals surface area contributed by atoms with Crippen LogP contribution in [0.1, 0.15) is 44.5 Å². The zero-order valence-corrected chi connectivity index (χ0v) is 49.9. The molecule has 0 unspecified atom stereocenters. The Bertz CT molecular complexity index is 4850. The molecule has 428 valence electrons. The number of rotatable bonds is 6. The SMILES string of the molecule is [C-]#[N+]c1ccc2c(c1)C1(c3ccccc3Oc3ccccc31)c1ccc(-c3nc(-c4ccccc4)nc(-c4ccccc4)n3)cc1-2.[C-]#[N+]c1ccc2c(c1)C1(c3ccccc3Sc3ccccc31)c1ccc(-c3nc(-c4ccccc4)nc(-c4ccccc4)n3)cc1-2. The number of hydrogen-bond donors (Lipinski definition) is 0. The fraction of sp³-hybridized carbons (Fsp3) is 0.0244. The molecule has 2 spiro atoms. The molecule has 0 bridgehead atoms. The van der Waals surface area contributed by atoms with Gasteiger partial charge in [-0.25, -0.2) is 39.6 Å². The van der Waals surface area contributed by atoms with E-state index in [-0.39, 0.29) is 0 Å². The Labute approximate surface area is 535 Å². The molecular formula is C82H48N8OS. The summed E-state index contributed by atoms with van der Waals surface area (Å²) in [6.45, 7) is 15.8. The number of benzene rings is 12. The molecule has 0 N–H and O–H groups in total. The second-order valence-corrected chi connectivity index (χ2v) is 24.1. The van der Waals surface area contributed by atoms with Gasteiger partial charge < -0.3 is 4.74 Å². The molecule has 4 aliphatic rings. The van der Waals surface area contributed by atoms with Gasteiger partial charge in [-0.15, -0.1) is 0 Å². The largest absolute Gasteiger partial charge is 0.457 e. The minimum absolute atomic E-state index is 0.550. The summed E-state index contributed by atoms with van der Waals surface area (Å²) in [5, 5.41) is 0. The summed E-state index contributed by atoms with van der Waals surface area (Å²) >= 11 is 1.81. The number of nitrogens with zero attached hydrogens (tertiary/aromatic N) is 8. The number of hydrogen-bond acceptors (Lipinski definition) is 8. The van der Waals surface area contributed by atoms with Crippen LogP contribution in [0, 0.1) is 13.1 Å². The molecule has 4 heterocycles. The highest BCUT2D eigenvalue weighted by Gasteiger charge is 2.52. The average Bonchev–Trinajstić information content (AvgIpc) is 1.49. The van der Waals surface area contributed by atoms with Gasteiger partial charge in [0.25, 0.3) is 0 Å². The van der Waals surface area contributed by atoms with Crippen molar-refractivity contribution in [3.05, 3.63) is 359 Å². The van der Waals surface area contributed by atoms with Gasteiger partial charge in [-0.05, 0) is 92.0 Å². The molecular weight excluding hydrogens is 1150 g/mol. The van der Waals surface area contributed by atoms with Gasteiger partial charge in [-0.3, -0.25) is 0 Å². The Morgan fingerprint density at radius 1 is 0.261 bits per heavy atom. The van der Waals surface area contributed by atoms with Crippen molar-refractivity contribution in [2.45, 2.75) is 20.6 Å². The lowest BCUT2D eigenvalue weighted by Gasteiger charge is -2.39. The third-order valence-electron chi connectivity index (χ3n) is 18.0. The Morgan fingerprint density at radius 3 is 0.946 bits per heavy atom. The summed E-state index contributed by atoms with van der Waals surface area (Å²) in [5.41, 5.74) is 19.1. The zero-order valence-electron chi connectivity index (χ0n) is 49.1. The second kappa shape index (κ2) is 21.8. The van der Waals surface area contributed by atoms with E-state index in [1.54, 1.807) is 0 Å². The van der Waals surface area contributed by atoms with Gasteiger partial charge >= 0.3 is 0 Å². The smallest absolute Gasteiger partial charge is 0.187 e. The van der Waals surface area contributed by atoms with Gasteiger partial charge in [0.15, 0.2) is 46.3 Å². The summed E-state index contributed by atoms with van der Waals surface area (Å²) in [6.07, 6.45) is 0. The van der Waals surface area contributed by atoms with E-state index >= 15 is 0 Å². The first-order valence-corrected chi connectivity index (χ1v) is 31.1. The van der Waals surface area contributed by atoms with Crippen LogP contribution >= 0.6 is 11.8 Å². The molecule has 2 aliphatic heterocycles. The quantitative estimate of drug-likeness (QED) is 0.152. The van der Waals surface area contributed by atoms with Crippen LogP contribution in [0.3, 0.4) is 0 Å². The maximum Gasteiger partial charge on any atom is 0.187 e. The van der Waals surface area contributed by atoms with Crippen LogP contribution in [-0.4, -0.2) is 29.9 Å². The molecule has 0 fully saturated rings. The zero-order chi connectivity index (χ0) is 61.3. The lowest BCUT2D eigenvalue weighted by atomic mass is 9.66. The van der Waals surface area contributed by atoms with Crippen LogP contribution in [0.4, 0.5) is 11.4 Å². The van der Waals surface area contributed by atoms with Crippen molar-refractivity contribution < 1.29 is 4.74 Å². The molecule has 10 heteroatoms. The van der Waals surface area contributed by atoms with Gasteiger partial charge in [0.1, 0.15) is 11.5 Å². The van der Waals surface area contributed by atoms with Crippen molar-refractivity contribution >= 4 is 23.1 Å². The fourth-order valence-corrected chi connectivity index (χ4v) is 15.3. The van der Waals surface area contributed by atoms with Crippen LogP contribution in [0.5, 0.6) is 11.5 Å². The van der Waals surface area contributed by atoms with E-state index in [4.69, 9.17) is 47.8 Å². The van der Waals surface area contributed by atoms with E-state index < -0.39 is 10.8 Å². The van der Waals surface area contributed by atoms with Crippen molar-refractivity contribution in [2.24, 2.45) is 0 Å². The van der Waals surface area contributed by atoms with Crippen LogP contribution in [0.25, 0.3) is 100 Å². The Hall–Kier alpha value is -12.2. The molecule has 2 aromatic heterocycles. The average molecular weight is 1190 g/mol. The van der Waals surface area contributed by atoms with Crippen molar-refractivity contribution in [3.63, 3.8) is 0 Å². The Kier molecular flexibility index (Phi) is 12.8. The van der Waals surface area contributed by atoms with Gasteiger partial charge in [0, 0.05) is 54.3 Å². The van der Waals surface area contributed by atoms with Crippen LogP contribution < -0.4 is 4.74 Å². The molecule has 0 radical (unpaired) electrons. The van der Waals surface area contributed by atoms with Gasteiger partial charge in [-0.1, -0.05) is 267 Å². The normalized spacial score (nSPS) is 13.2. The lowest BCUT2D eigenvalue weighted by Crippen LogP contribution is -2.32. The van der Waals surface area contributed by atoms with Crippen molar-refractivity contribution in [3.8, 4) is 102 Å². The first-order valence-electron chi connectivity index (χ1n) is 30.3. The standard InChI is InChI=1S/C41H24N4O.C41H24N4S/c2*1-42-29-21-22-30-31-24-28(40-44-38(26-12-4-2-5-13-26)43-39(45-40)27-14-6-3-7-15-27)20-23-32(31)41(35(30)25-29)33-16-8-10-18-36(33)46-37-19-11-9-17-34(37)41/h2*2-25H. The molecule has 18 rings (SSSR count). The molecule has 9 nitrogen and oxygen atoms in total. The Balaban J connectivity index is 0.000000141. The minimum atomic E-state index is -0.654. The maximum atomic E-state index is 7.89. The molecule has 14 aromatic rings. The topological polar surface area (TPSA) is 95.3 Å². The van der Waals surface area contributed by atoms with E-state index in [0.29, 0.717) is 46.3 Å². The van der Waals surface area contributed by atoms with E-state index in [9.17, 15) is 0 Å². The van der Waals surface area contributed by atoms with E-state index in [0.717, 1.165) is 95.0 Å². The van der Waals surface area contributed by atoms with Gasteiger partial charge in [0.05, 0.1) is 24.0 Å². The summed E-state index contributed by atoms with van der Waals surface area (Å²) in [5.74, 6) is 5.36. The molecule has 12 aromatic carbocycles. The predicted octanol–water partition coefficient (Wildman–Crippen LogP) is 20.1. The second-order valence-electron chi connectivity index (χ2n) is 23.0. The minimum Gasteiger partial charge on any atom is -0.457 e. The van der Waals surface area contributed by atoms with E-state index in [1.165, 1.54) is 26.5 Å². The molecule has 0 amide bonds. The number of fused-ring (bicyclic) bond motifs is 18. The van der Waals surface area contributed by atoms with Crippen LogP contribution in [-0.2, 0) is 10.8 Å². The highest BCUT2D eigenvalue weighted by molar-refractivity contribution is 7.99. The Morgan fingerprint density at radius 2 is 0.576 bits per heavy atom. The third-order valence-corrected chi connectivity index (χ3v) is 19.2. The third kappa shape index (κ3) is 8.54. The van der Waals surface area contributed by atoms with Crippen molar-refractivity contribution in [1.82, 2.24) is 29.9 Å². The summed E-state index contributed by atoms with van der Waals surface area (Å²) in [7, 11) is 0. The molecule has 2 aliphatic carbocycles. The van der Waals surface area contributed by atoms with Gasteiger partial charge in [0.2, 0.25) is 0 Å². The fourth-order valence-electron chi connectivity index (χ4n) is 14.1. The number of para-hydroxylation sites is 2. The number of ether oxygens (including phenoxy) is 1. The molecule has 0 atom stereocenters. The van der Waals surface area contributed by atoms with Gasteiger partial charge in [-0.2, -0.15) is 0 Å². The lowest BCUT2D eigenvalue weighted by molar-refractivity contribution is 0.436. The molecule has 92 heavy (non-hydrogen) atoms. The van der Waals surface area contributed by atoms with Crippen molar-refractivity contribution in [1.29, 1.82) is 0 Å². The van der Waals surface area contributed by atoms with E-state index in [2.05, 4.69) is 137 Å². The maximum absolute atomic E-state index is 7.89. The monoisotopic (exact) mass is 1190 g/mol. The predicted molar refractivity (Wildman–Crippen MR) is 364 cm³/mol. The first kappa shape index (κ1) is 54.0.